The maximum atomic E-state index is 2.71. The van der Waals surface area contributed by atoms with Crippen LogP contribution >= 0.6 is 0 Å². The van der Waals surface area contributed by atoms with Crippen molar-refractivity contribution in [3.63, 3.8) is 0 Å². The van der Waals surface area contributed by atoms with Crippen molar-refractivity contribution in [1.82, 2.24) is 0 Å². The zero-order valence-corrected chi connectivity index (χ0v) is 41.4. The topological polar surface area (TPSA) is 0 Å². The molecule has 0 fully saturated rings. The van der Waals surface area contributed by atoms with Crippen LogP contribution in [0, 0.1) is 53.4 Å². The van der Waals surface area contributed by atoms with E-state index in [2.05, 4.69) is 185 Å². The van der Waals surface area contributed by atoms with Gasteiger partial charge in [0, 0.05) is 0 Å². The molecule has 0 N–H and O–H groups in total. The van der Waals surface area contributed by atoms with E-state index in [1.807, 2.05) is 3.32 Å². The molecular weight excluding hydrogens is 879 g/mol. The van der Waals surface area contributed by atoms with Crippen LogP contribution in [0.25, 0.3) is 45.5 Å². The molecule has 0 spiro atoms. The van der Waals surface area contributed by atoms with Crippen LogP contribution < -0.4 is 13.7 Å². The van der Waals surface area contributed by atoms with Crippen LogP contribution in [0.15, 0.2) is 114 Å². The summed E-state index contributed by atoms with van der Waals surface area (Å²) in [6.07, 6.45) is 7.72. The SMILES string of the molecule is Cc1ccc(-c2cccc3c2C=C(CC(C)C)[CH]3[Hf]([c]2cccc3c2[SiH2]c2ccccc2-3)[CH]2C(CC(C)C)=Cc3c(-c4ccc(C)c(C)c4C)cccc32)c(C)c1C. The van der Waals surface area contributed by atoms with Crippen LogP contribution in [-0.4, -0.2) is 9.52 Å². The van der Waals surface area contributed by atoms with Crippen molar-refractivity contribution in [2.24, 2.45) is 11.8 Å². The van der Waals surface area contributed by atoms with Crippen molar-refractivity contribution in [2.75, 3.05) is 0 Å². The zero-order valence-electron chi connectivity index (χ0n) is 36.4. The summed E-state index contributed by atoms with van der Waals surface area (Å²) in [4.78, 5) is 0. The predicted octanol–water partition coefficient (Wildman–Crippen LogP) is 12.6. The molecule has 9 rings (SSSR count). The third-order valence-corrected chi connectivity index (χ3v) is 30.7. The summed E-state index contributed by atoms with van der Waals surface area (Å²) < 4.78 is 2.78. The summed E-state index contributed by atoms with van der Waals surface area (Å²) >= 11 is -3.17. The van der Waals surface area contributed by atoms with E-state index in [0.29, 0.717) is 19.2 Å². The third kappa shape index (κ3) is 6.58. The van der Waals surface area contributed by atoms with Crippen LogP contribution in [0.3, 0.4) is 0 Å². The van der Waals surface area contributed by atoms with Gasteiger partial charge < -0.3 is 0 Å². The Morgan fingerprint density at radius 2 is 0.931 bits per heavy atom. The molecule has 1 aliphatic heterocycles. The second kappa shape index (κ2) is 15.5. The van der Waals surface area contributed by atoms with Crippen molar-refractivity contribution in [2.45, 2.75) is 89.4 Å². The van der Waals surface area contributed by atoms with Crippen LogP contribution in [-0.2, 0) is 21.4 Å². The Labute approximate surface area is 358 Å². The first-order valence-electron chi connectivity index (χ1n) is 21.8. The minimum atomic E-state index is -3.17. The maximum absolute atomic E-state index is 3.17. The molecule has 6 aromatic carbocycles. The fourth-order valence-corrected chi connectivity index (χ4v) is 30.1. The van der Waals surface area contributed by atoms with Gasteiger partial charge in [-0.25, -0.2) is 0 Å². The number of aryl methyl sites for hydroxylation is 2. The van der Waals surface area contributed by atoms with Gasteiger partial charge in [-0.15, -0.1) is 0 Å². The summed E-state index contributed by atoms with van der Waals surface area (Å²) in [5, 5.41) is 3.40. The predicted molar refractivity (Wildman–Crippen MR) is 252 cm³/mol. The van der Waals surface area contributed by atoms with Crippen LogP contribution in [0.1, 0.15) is 104 Å². The molecule has 3 aliphatic rings. The van der Waals surface area contributed by atoms with Gasteiger partial charge >= 0.3 is 361 Å². The number of hydrogen-bond acceptors (Lipinski definition) is 0. The minimum absolute atomic E-state index is 0.483. The van der Waals surface area contributed by atoms with Gasteiger partial charge in [-0.3, -0.25) is 0 Å². The second-order valence-corrected chi connectivity index (χ2v) is 29.8. The van der Waals surface area contributed by atoms with Gasteiger partial charge in [0.05, 0.1) is 0 Å². The van der Waals surface area contributed by atoms with Crippen molar-refractivity contribution >= 4 is 35.4 Å². The number of rotatable bonds is 9. The molecule has 6 aromatic rings. The van der Waals surface area contributed by atoms with E-state index in [1.165, 1.54) is 72.3 Å². The first kappa shape index (κ1) is 39.4. The quantitative estimate of drug-likeness (QED) is 0.127. The summed E-state index contributed by atoms with van der Waals surface area (Å²) in [6.45, 7) is 23.6. The van der Waals surface area contributed by atoms with Crippen molar-refractivity contribution in [3.05, 3.63) is 170 Å². The van der Waals surface area contributed by atoms with E-state index in [1.54, 1.807) is 38.2 Å². The molecular formula is C56H59HfSi. The molecule has 0 saturated heterocycles. The molecule has 0 bridgehead atoms. The van der Waals surface area contributed by atoms with E-state index in [-0.39, 0.29) is 0 Å². The zero-order chi connectivity index (χ0) is 40.6. The summed E-state index contributed by atoms with van der Waals surface area (Å²) in [5.74, 6) is 1.17. The monoisotopic (exact) mass is 939 g/mol. The Bertz CT molecular complexity index is 2550. The molecule has 2 aliphatic carbocycles. The Kier molecular flexibility index (Phi) is 10.5. The molecule has 0 aromatic heterocycles. The van der Waals surface area contributed by atoms with Crippen LogP contribution in [0.2, 0.25) is 0 Å². The standard InChI is InChI=1S/2C22H25.C12H9Si.Hf/c2*1-14(2)11-18-12-19-7-6-8-21(22(19)13-18)20-10-9-15(3)16(4)17(20)5;1-3-7-11-9(5-1)10-6-2-4-8-12(10)13-11;/h2*6-10,12-14H,11H2,1-5H3;1-7H,13H2;. The second-order valence-electron chi connectivity index (χ2n) is 18.6. The molecule has 2 unspecified atom stereocenters. The summed E-state index contributed by atoms with van der Waals surface area (Å²) in [7, 11) is -0.627. The molecule has 2 atom stereocenters. The van der Waals surface area contributed by atoms with E-state index in [0.717, 1.165) is 12.8 Å². The molecule has 2 heteroatoms. The van der Waals surface area contributed by atoms with Gasteiger partial charge in [0.15, 0.2) is 0 Å². The van der Waals surface area contributed by atoms with Gasteiger partial charge in [0.25, 0.3) is 0 Å². The summed E-state index contributed by atoms with van der Waals surface area (Å²) in [6, 6.07) is 41.2. The normalized spacial score (nSPS) is 16.8. The van der Waals surface area contributed by atoms with Crippen LogP contribution in [0.5, 0.6) is 0 Å². The number of benzene rings is 6. The molecule has 0 saturated carbocycles. The van der Waals surface area contributed by atoms with E-state index in [9.17, 15) is 0 Å². The number of hydrogen-bond donors (Lipinski definition) is 0. The number of fused-ring (bicyclic) bond motifs is 5. The molecule has 0 amide bonds. The Hall–Kier alpha value is -4.11. The average molecular weight is 939 g/mol. The van der Waals surface area contributed by atoms with Crippen molar-refractivity contribution in [3.8, 4) is 33.4 Å². The van der Waals surface area contributed by atoms with E-state index in [4.69, 9.17) is 0 Å². The Morgan fingerprint density at radius 1 is 0.466 bits per heavy atom. The average Bonchev–Trinajstić information content (AvgIpc) is 3.88. The first-order chi connectivity index (χ1) is 27.9. The molecule has 0 nitrogen and oxygen atoms in total. The fraction of sp³-hybridized carbons (Fsp3) is 0.286. The van der Waals surface area contributed by atoms with Gasteiger partial charge in [0.1, 0.15) is 0 Å². The number of allylic oxidation sites excluding steroid dienone is 2. The fourth-order valence-electron chi connectivity index (χ4n) is 10.8. The Balaban J connectivity index is 1.32. The Morgan fingerprint density at radius 3 is 1.45 bits per heavy atom. The van der Waals surface area contributed by atoms with Crippen molar-refractivity contribution < 1.29 is 21.4 Å². The third-order valence-electron chi connectivity index (χ3n) is 14.1. The van der Waals surface area contributed by atoms with Gasteiger partial charge in [-0.2, -0.15) is 0 Å². The molecule has 58 heavy (non-hydrogen) atoms. The van der Waals surface area contributed by atoms with Gasteiger partial charge in [0.2, 0.25) is 0 Å². The van der Waals surface area contributed by atoms with Crippen molar-refractivity contribution in [1.29, 1.82) is 0 Å². The van der Waals surface area contributed by atoms with E-state index < -0.39 is 31.0 Å². The van der Waals surface area contributed by atoms with E-state index >= 15 is 0 Å². The van der Waals surface area contributed by atoms with Gasteiger partial charge in [-0.05, 0) is 0 Å². The van der Waals surface area contributed by atoms with Gasteiger partial charge in [-0.1, -0.05) is 0 Å². The van der Waals surface area contributed by atoms with Crippen LogP contribution in [0.4, 0.5) is 0 Å². The summed E-state index contributed by atoms with van der Waals surface area (Å²) in [5.41, 5.74) is 26.7. The molecule has 291 valence electrons. The first-order valence-corrected chi connectivity index (χ1v) is 29.2. The molecule has 0 radical (unpaired) electrons. The molecule has 1 heterocycles.